The lowest BCUT2D eigenvalue weighted by Gasteiger charge is -2.14. The Labute approximate surface area is 180 Å². The summed E-state index contributed by atoms with van der Waals surface area (Å²) in [6.07, 6.45) is 2.82. The largest absolute Gasteiger partial charge is 0.497 e. The van der Waals surface area contributed by atoms with Crippen LogP contribution in [0.25, 0.3) is 0 Å². The molecule has 1 heterocycles. The first-order valence-electron chi connectivity index (χ1n) is 10.9. The van der Waals surface area contributed by atoms with Crippen molar-refractivity contribution >= 4 is 5.96 Å². The van der Waals surface area contributed by atoms with E-state index in [1.165, 1.54) is 11.3 Å². The second kappa shape index (κ2) is 12.9. The van der Waals surface area contributed by atoms with Crippen LogP contribution in [0.1, 0.15) is 49.7 Å². The Morgan fingerprint density at radius 1 is 1.10 bits per heavy atom. The summed E-state index contributed by atoms with van der Waals surface area (Å²) < 4.78 is 12.7. The predicted octanol–water partition coefficient (Wildman–Crippen LogP) is 3.22. The number of aryl methyl sites for hydroxylation is 2. The molecule has 0 aliphatic heterocycles. The van der Waals surface area contributed by atoms with Crippen molar-refractivity contribution in [1.29, 1.82) is 0 Å². The smallest absolute Gasteiger partial charge is 0.191 e. The number of aliphatic imine (C=N–C) groups is 1. The van der Waals surface area contributed by atoms with E-state index in [-0.39, 0.29) is 0 Å². The third kappa shape index (κ3) is 7.06. The molecule has 2 rings (SSSR count). The van der Waals surface area contributed by atoms with Gasteiger partial charge in [0.15, 0.2) is 5.96 Å². The molecule has 7 heteroatoms. The van der Waals surface area contributed by atoms with E-state index in [1.54, 1.807) is 7.11 Å². The highest BCUT2D eigenvalue weighted by atomic mass is 16.5. The van der Waals surface area contributed by atoms with E-state index in [4.69, 9.17) is 14.5 Å². The van der Waals surface area contributed by atoms with E-state index in [1.807, 2.05) is 42.9 Å². The van der Waals surface area contributed by atoms with E-state index in [0.717, 1.165) is 62.0 Å². The minimum absolute atomic E-state index is 0.596. The van der Waals surface area contributed by atoms with E-state index in [2.05, 4.69) is 29.6 Å². The summed E-state index contributed by atoms with van der Waals surface area (Å²) >= 11 is 0. The van der Waals surface area contributed by atoms with Gasteiger partial charge in [-0.2, -0.15) is 5.10 Å². The first-order valence-corrected chi connectivity index (χ1v) is 10.9. The van der Waals surface area contributed by atoms with Crippen LogP contribution in [0.4, 0.5) is 0 Å². The molecular weight excluding hydrogens is 378 g/mol. The molecule has 0 amide bonds. The molecule has 0 unspecified atom stereocenters. The van der Waals surface area contributed by atoms with Crippen LogP contribution in [-0.4, -0.2) is 42.6 Å². The van der Waals surface area contributed by atoms with E-state index < -0.39 is 0 Å². The molecule has 2 aromatic rings. The van der Waals surface area contributed by atoms with Gasteiger partial charge in [0.1, 0.15) is 5.75 Å². The number of guanidine groups is 1. The van der Waals surface area contributed by atoms with Crippen molar-refractivity contribution in [3.05, 3.63) is 46.8 Å². The molecule has 30 heavy (non-hydrogen) atoms. The Balaban J connectivity index is 2.06. The van der Waals surface area contributed by atoms with Crippen molar-refractivity contribution in [3.63, 3.8) is 0 Å². The van der Waals surface area contributed by atoms with Crippen LogP contribution in [0, 0.1) is 0 Å². The summed E-state index contributed by atoms with van der Waals surface area (Å²) in [6.45, 7) is 9.94. The van der Waals surface area contributed by atoms with Crippen LogP contribution in [0.5, 0.6) is 5.75 Å². The van der Waals surface area contributed by atoms with E-state index in [9.17, 15) is 0 Å². The van der Waals surface area contributed by atoms with Crippen molar-refractivity contribution in [2.75, 3.05) is 26.9 Å². The van der Waals surface area contributed by atoms with Crippen molar-refractivity contribution in [1.82, 2.24) is 20.4 Å². The highest BCUT2D eigenvalue weighted by Crippen LogP contribution is 2.15. The first kappa shape index (κ1) is 23.7. The molecule has 2 N–H and O–H groups in total. The number of benzene rings is 1. The Bertz CT molecular complexity index is 784. The molecule has 1 aromatic carbocycles. The lowest BCUT2D eigenvalue weighted by Crippen LogP contribution is -2.38. The van der Waals surface area contributed by atoms with E-state index in [0.29, 0.717) is 13.1 Å². The molecule has 0 saturated heterocycles. The van der Waals surface area contributed by atoms with Gasteiger partial charge in [0.2, 0.25) is 0 Å². The van der Waals surface area contributed by atoms with Gasteiger partial charge in [-0.25, -0.2) is 4.99 Å². The van der Waals surface area contributed by atoms with Crippen LogP contribution in [-0.2, 0) is 37.7 Å². The van der Waals surface area contributed by atoms with Gasteiger partial charge in [0.25, 0.3) is 0 Å². The molecular formula is C23H37N5O2. The average molecular weight is 416 g/mol. The summed E-state index contributed by atoms with van der Waals surface area (Å²) in [5, 5.41) is 11.6. The molecule has 0 radical (unpaired) electrons. The van der Waals surface area contributed by atoms with Crippen LogP contribution in [0.15, 0.2) is 29.3 Å². The Morgan fingerprint density at radius 3 is 2.50 bits per heavy atom. The average Bonchev–Trinajstić information content (AvgIpc) is 3.09. The number of rotatable bonds is 12. The number of nitrogens with zero attached hydrogens (tertiary/aromatic N) is 3. The molecule has 0 saturated carbocycles. The standard InChI is InChI=1S/C23H37N5O2/c1-6-21-20(22(7-2)28(4)27-21)17-26-23(24-14-9-15-30-8-3)25-16-18-10-12-19(29-5)13-11-18/h10-13H,6-9,14-17H2,1-5H3,(H2,24,25,26). The van der Waals surface area contributed by atoms with Gasteiger partial charge in [-0.1, -0.05) is 26.0 Å². The van der Waals surface area contributed by atoms with Crippen LogP contribution in [0.3, 0.4) is 0 Å². The van der Waals surface area contributed by atoms with Crippen molar-refractivity contribution in [2.24, 2.45) is 12.0 Å². The lowest BCUT2D eigenvalue weighted by atomic mass is 10.1. The van der Waals surface area contributed by atoms with Gasteiger partial charge in [-0.3, -0.25) is 4.68 Å². The van der Waals surface area contributed by atoms with Crippen molar-refractivity contribution < 1.29 is 9.47 Å². The highest BCUT2D eigenvalue weighted by Gasteiger charge is 2.14. The maximum Gasteiger partial charge on any atom is 0.191 e. The summed E-state index contributed by atoms with van der Waals surface area (Å²) in [7, 11) is 3.70. The second-order valence-corrected chi connectivity index (χ2v) is 7.05. The second-order valence-electron chi connectivity index (χ2n) is 7.05. The number of hydrogen-bond donors (Lipinski definition) is 2. The van der Waals surface area contributed by atoms with Gasteiger partial charge in [-0.15, -0.1) is 0 Å². The molecule has 0 fully saturated rings. The molecule has 166 valence electrons. The number of ether oxygens (including phenoxy) is 2. The van der Waals surface area contributed by atoms with Gasteiger partial charge >= 0.3 is 0 Å². The zero-order valence-corrected chi connectivity index (χ0v) is 19.1. The number of nitrogens with one attached hydrogen (secondary N) is 2. The van der Waals surface area contributed by atoms with Gasteiger partial charge < -0.3 is 20.1 Å². The normalized spacial score (nSPS) is 11.6. The fourth-order valence-electron chi connectivity index (χ4n) is 3.37. The quantitative estimate of drug-likeness (QED) is 0.316. The molecule has 0 aliphatic rings. The molecule has 7 nitrogen and oxygen atoms in total. The molecule has 0 bridgehead atoms. The maximum absolute atomic E-state index is 5.44. The molecule has 0 atom stereocenters. The summed E-state index contributed by atoms with van der Waals surface area (Å²) in [4.78, 5) is 4.79. The predicted molar refractivity (Wildman–Crippen MR) is 122 cm³/mol. The summed E-state index contributed by atoms with van der Waals surface area (Å²) in [6, 6.07) is 8.01. The van der Waals surface area contributed by atoms with Crippen LogP contribution < -0.4 is 15.4 Å². The lowest BCUT2D eigenvalue weighted by molar-refractivity contribution is 0.145. The zero-order chi connectivity index (χ0) is 21.8. The first-order chi connectivity index (χ1) is 14.6. The van der Waals surface area contributed by atoms with Gasteiger partial charge in [0, 0.05) is 44.6 Å². The minimum atomic E-state index is 0.596. The third-order valence-electron chi connectivity index (χ3n) is 5.00. The fourth-order valence-corrected chi connectivity index (χ4v) is 3.37. The third-order valence-corrected chi connectivity index (χ3v) is 5.00. The Hall–Kier alpha value is -2.54. The topological polar surface area (TPSA) is 72.7 Å². The highest BCUT2D eigenvalue weighted by molar-refractivity contribution is 5.79. The Morgan fingerprint density at radius 2 is 1.87 bits per heavy atom. The van der Waals surface area contributed by atoms with Crippen molar-refractivity contribution in [2.45, 2.75) is 53.1 Å². The van der Waals surface area contributed by atoms with Crippen LogP contribution in [0.2, 0.25) is 0 Å². The van der Waals surface area contributed by atoms with Gasteiger partial charge in [-0.05, 0) is 43.9 Å². The molecule has 0 aliphatic carbocycles. The minimum Gasteiger partial charge on any atom is -0.497 e. The summed E-state index contributed by atoms with van der Waals surface area (Å²) in [5.41, 5.74) is 4.82. The van der Waals surface area contributed by atoms with Crippen LogP contribution >= 0.6 is 0 Å². The number of aromatic nitrogens is 2. The molecule has 1 aromatic heterocycles. The summed E-state index contributed by atoms with van der Waals surface area (Å²) in [5.74, 6) is 1.65. The Kier molecular flexibility index (Phi) is 10.2. The van der Waals surface area contributed by atoms with Crippen molar-refractivity contribution in [3.8, 4) is 5.75 Å². The van der Waals surface area contributed by atoms with Gasteiger partial charge in [0.05, 0.1) is 19.3 Å². The van der Waals surface area contributed by atoms with E-state index >= 15 is 0 Å². The maximum atomic E-state index is 5.44. The number of methoxy groups -OCH3 is 1. The number of hydrogen-bond acceptors (Lipinski definition) is 4. The monoisotopic (exact) mass is 415 g/mol. The fraction of sp³-hybridized carbons (Fsp3) is 0.565. The SMILES string of the molecule is CCOCCCNC(=NCc1ccc(OC)cc1)NCc1c(CC)nn(C)c1CC. The zero-order valence-electron chi connectivity index (χ0n) is 19.1. The molecule has 0 spiro atoms.